The maximum absolute atomic E-state index is 11.8. The fourth-order valence-corrected chi connectivity index (χ4v) is 0.886. The molecule has 0 radical (unpaired) electrons. The Kier molecular flexibility index (Phi) is 4.85. The normalized spacial score (nSPS) is 12.8. The summed E-state index contributed by atoms with van der Waals surface area (Å²) >= 11 is 5.47. The Labute approximate surface area is 80.4 Å². The fraction of sp³-hybridized carbons (Fsp3) is 0.333. The van der Waals surface area contributed by atoms with Gasteiger partial charge in [-0.1, -0.05) is 36.9 Å². The average molecular weight is 211 g/mol. The van der Waals surface area contributed by atoms with Crippen LogP contribution in [0.15, 0.2) is 35.9 Å². The summed E-state index contributed by atoms with van der Waals surface area (Å²) in [6, 6.07) is 0. The van der Waals surface area contributed by atoms with E-state index in [1.807, 2.05) is 0 Å². The zero-order valence-corrected chi connectivity index (χ0v) is 7.75. The monoisotopic (exact) mass is 210 g/mol. The molecule has 0 spiro atoms. The third kappa shape index (κ3) is 6.46. The molecule has 0 N–H and O–H groups in total. The van der Waals surface area contributed by atoms with E-state index in [0.29, 0.717) is 5.57 Å². The predicted octanol–water partition coefficient (Wildman–Crippen LogP) is 4.19. The first-order chi connectivity index (χ1) is 5.87. The number of alkyl halides is 3. The largest absolute Gasteiger partial charge is 0.389 e. The molecular formula is C9H10ClF3. The minimum Gasteiger partial charge on any atom is -0.171 e. The molecule has 0 unspecified atom stereocenters. The third-order valence-corrected chi connectivity index (χ3v) is 1.59. The molecule has 0 aromatic heterocycles. The topological polar surface area (TPSA) is 0 Å². The average Bonchev–Trinajstić information content (AvgIpc) is 1.95. The predicted molar refractivity (Wildman–Crippen MR) is 48.6 cm³/mol. The lowest BCUT2D eigenvalue weighted by molar-refractivity contribution is -0.133. The van der Waals surface area contributed by atoms with Gasteiger partial charge >= 0.3 is 6.18 Å². The van der Waals surface area contributed by atoms with E-state index in [1.54, 1.807) is 0 Å². The van der Waals surface area contributed by atoms with Gasteiger partial charge in [-0.05, 0) is 12.0 Å². The molecule has 4 heteroatoms. The van der Waals surface area contributed by atoms with Crippen molar-refractivity contribution in [1.29, 1.82) is 0 Å². The Morgan fingerprint density at radius 1 is 1.38 bits per heavy atom. The zero-order valence-electron chi connectivity index (χ0n) is 6.99. The van der Waals surface area contributed by atoms with Crippen molar-refractivity contribution in [1.82, 2.24) is 0 Å². The summed E-state index contributed by atoms with van der Waals surface area (Å²) in [5.41, 5.74) is 0.369. The Hall–Kier alpha value is -0.700. The number of halogens is 4. The van der Waals surface area contributed by atoms with Crippen molar-refractivity contribution in [2.24, 2.45) is 0 Å². The van der Waals surface area contributed by atoms with Crippen LogP contribution < -0.4 is 0 Å². The molecule has 0 atom stereocenters. The standard InChI is InChI=1S/C9H10ClF3/c1-3-4-8(7(2)10)5-6-9(11,12)13/h3-4H,1-2,5-6H2/b8-4-. The van der Waals surface area contributed by atoms with Crippen molar-refractivity contribution >= 4 is 11.6 Å². The first-order valence-corrected chi connectivity index (χ1v) is 3.97. The highest BCUT2D eigenvalue weighted by Gasteiger charge is 2.26. The minimum atomic E-state index is -4.16. The summed E-state index contributed by atoms with van der Waals surface area (Å²) in [6.07, 6.45) is -2.39. The van der Waals surface area contributed by atoms with Gasteiger partial charge < -0.3 is 0 Å². The van der Waals surface area contributed by atoms with Crippen LogP contribution in [0.4, 0.5) is 13.2 Å². The molecule has 0 heterocycles. The number of allylic oxidation sites excluding steroid dienone is 4. The van der Waals surface area contributed by atoms with E-state index in [9.17, 15) is 13.2 Å². The van der Waals surface area contributed by atoms with E-state index < -0.39 is 12.6 Å². The van der Waals surface area contributed by atoms with Crippen LogP contribution in [0.5, 0.6) is 0 Å². The second kappa shape index (κ2) is 5.12. The van der Waals surface area contributed by atoms with Gasteiger partial charge in [-0.2, -0.15) is 13.2 Å². The van der Waals surface area contributed by atoms with Gasteiger partial charge in [0.05, 0.1) is 0 Å². The van der Waals surface area contributed by atoms with Gasteiger partial charge in [0.2, 0.25) is 0 Å². The lowest BCUT2D eigenvalue weighted by atomic mass is 10.1. The van der Waals surface area contributed by atoms with Gasteiger partial charge in [-0.3, -0.25) is 0 Å². The third-order valence-electron chi connectivity index (χ3n) is 1.35. The molecule has 0 aromatic carbocycles. The quantitative estimate of drug-likeness (QED) is 0.611. The van der Waals surface area contributed by atoms with E-state index >= 15 is 0 Å². The first kappa shape index (κ1) is 12.3. The number of hydrogen-bond acceptors (Lipinski definition) is 0. The second-order valence-electron chi connectivity index (χ2n) is 2.45. The highest BCUT2D eigenvalue weighted by Crippen LogP contribution is 2.27. The molecule has 0 saturated heterocycles. The lowest BCUT2D eigenvalue weighted by Gasteiger charge is -2.07. The Bertz CT molecular complexity index is 226. The van der Waals surface area contributed by atoms with Crippen LogP contribution in [-0.4, -0.2) is 6.18 Å². The smallest absolute Gasteiger partial charge is 0.171 e. The van der Waals surface area contributed by atoms with Crippen molar-refractivity contribution in [3.8, 4) is 0 Å². The van der Waals surface area contributed by atoms with Gasteiger partial charge in [0.1, 0.15) is 0 Å². The van der Waals surface area contributed by atoms with E-state index in [-0.39, 0.29) is 11.5 Å². The van der Waals surface area contributed by atoms with E-state index in [1.165, 1.54) is 12.2 Å². The molecule has 0 aliphatic heterocycles. The van der Waals surface area contributed by atoms with Crippen LogP contribution in [0.3, 0.4) is 0 Å². The van der Waals surface area contributed by atoms with E-state index in [4.69, 9.17) is 11.6 Å². The SMILES string of the molecule is C=C/C=C(/CCC(F)(F)F)C(=C)Cl. The molecule has 0 saturated carbocycles. The number of rotatable bonds is 4. The lowest BCUT2D eigenvalue weighted by Crippen LogP contribution is -2.07. The molecule has 0 bridgehead atoms. The fourth-order valence-electron chi connectivity index (χ4n) is 0.728. The highest BCUT2D eigenvalue weighted by atomic mass is 35.5. The van der Waals surface area contributed by atoms with E-state index in [0.717, 1.165) is 0 Å². The molecule has 0 rings (SSSR count). The van der Waals surface area contributed by atoms with Crippen LogP contribution >= 0.6 is 11.6 Å². The second-order valence-corrected chi connectivity index (χ2v) is 2.90. The van der Waals surface area contributed by atoms with Crippen LogP contribution in [0.25, 0.3) is 0 Å². The van der Waals surface area contributed by atoms with Crippen molar-refractivity contribution in [2.45, 2.75) is 19.0 Å². The van der Waals surface area contributed by atoms with Crippen molar-refractivity contribution < 1.29 is 13.2 Å². The maximum atomic E-state index is 11.8. The summed E-state index contributed by atoms with van der Waals surface area (Å²) in [5, 5.41) is 0.129. The van der Waals surface area contributed by atoms with Crippen molar-refractivity contribution in [3.05, 3.63) is 35.9 Å². The zero-order chi connectivity index (χ0) is 10.5. The summed E-state index contributed by atoms with van der Waals surface area (Å²) < 4.78 is 35.4. The maximum Gasteiger partial charge on any atom is 0.389 e. The van der Waals surface area contributed by atoms with Crippen LogP contribution in [-0.2, 0) is 0 Å². The van der Waals surface area contributed by atoms with Gasteiger partial charge in [0, 0.05) is 11.5 Å². The van der Waals surface area contributed by atoms with Gasteiger partial charge in [-0.25, -0.2) is 0 Å². The molecule has 0 fully saturated rings. The molecule has 0 aliphatic carbocycles. The summed E-state index contributed by atoms with van der Waals surface area (Å²) in [7, 11) is 0. The molecule has 0 nitrogen and oxygen atoms in total. The van der Waals surface area contributed by atoms with Gasteiger partial charge in [0.25, 0.3) is 0 Å². The summed E-state index contributed by atoms with van der Waals surface area (Å²) in [6.45, 7) is 6.73. The Balaban J connectivity index is 4.22. The minimum absolute atomic E-state index is 0.129. The van der Waals surface area contributed by atoms with Crippen LogP contribution in [0.1, 0.15) is 12.8 Å². The molecule has 0 amide bonds. The molecule has 13 heavy (non-hydrogen) atoms. The Morgan fingerprint density at radius 3 is 2.23 bits per heavy atom. The Morgan fingerprint density at radius 2 is 1.92 bits per heavy atom. The van der Waals surface area contributed by atoms with E-state index in [2.05, 4.69) is 13.2 Å². The molecule has 0 aromatic rings. The highest BCUT2D eigenvalue weighted by molar-refractivity contribution is 6.31. The van der Waals surface area contributed by atoms with Gasteiger partial charge in [0.15, 0.2) is 0 Å². The van der Waals surface area contributed by atoms with Crippen LogP contribution in [0.2, 0.25) is 0 Å². The first-order valence-electron chi connectivity index (χ1n) is 3.60. The van der Waals surface area contributed by atoms with Crippen LogP contribution in [0, 0.1) is 0 Å². The van der Waals surface area contributed by atoms with Crippen molar-refractivity contribution in [2.75, 3.05) is 0 Å². The molecular weight excluding hydrogens is 201 g/mol. The number of hydrogen-bond donors (Lipinski definition) is 0. The summed E-state index contributed by atoms with van der Waals surface area (Å²) in [5.74, 6) is 0. The van der Waals surface area contributed by atoms with Gasteiger partial charge in [-0.15, -0.1) is 0 Å². The van der Waals surface area contributed by atoms with Crippen molar-refractivity contribution in [3.63, 3.8) is 0 Å². The molecule has 74 valence electrons. The molecule has 0 aliphatic rings. The summed E-state index contributed by atoms with van der Waals surface area (Å²) in [4.78, 5) is 0.